The molecule has 2 heterocycles. The largest absolute Gasteiger partial charge is 0.440 e. The first kappa shape index (κ1) is 16.7. The Labute approximate surface area is 155 Å². The zero-order valence-electron chi connectivity index (χ0n) is 14.4. The summed E-state index contributed by atoms with van der Waals surface area (Å²) in [4.78, 5) is 20.6. The van der Waals surface area contributed by atoms with E-state index in [0.717, 1.165) is 16.8 Å². The second-order valence-electron chi connectivity index (χ2n) is 5.90. The van der Waals surface area contributed by atoms with Crippen LogP contribution in [-0.2, 0) is 11.2 Å². The molecule has 134 valence electrons. The summed E-state index contributed by atoms with van der Waals surface area (Å²) in [6.45, 7) is 0. The quantitative estimate of drug-likeness (QED) is 0.547. The van der Waals surface area contributed by atoms with Crippen molar-refractivity contribution in [3.05, 3.63) is 72.9 Å². The number of anilines is 1. The number of benzene rings is 2. The first-order valence-corrected chi connectivity index (χ1v) is 8.55. The van der Waals surface area contributed by atoms with E-state index in [4.69, 9.17) is 4.42 Å². The third-order valence-electron chi connectivity index (χ3n) is 3.99. The van der Waals surface area contributed by atoms with Crippen molar-refractivity contribution < 1.29 is 9.21 Å². The molecule has 1 amide bonds. The molecule has 0 atom stereocenters. The van der Waals surface area contributed by atoms with Gasteiger partial charge in [0.05, 0.1) is 0 Å². The summed E-state index contributed by atoms with van der Waals surface area (Å²) in [6, 6.07) is 19.7. The number of nitrogens with zero attached hydrogens (tertiary/aromatic N) is 3. The van der Waals surface area contributed by atoms with Gasteiger partial charge in [-0.3, -0.25) is 10.1 Å². The van der Waals surface area contributed by atoms with Gasteiger partial charge in [0.25, 0.3) is 0 Å². The average Bonchev–Trinajstić information content (AvgIpc) is 3.38. The van der Waals surface area contributed by atoms with Crippen molar-refractivity contribution in [1.29, 1.82) is 0 Å². The minimum atomic E-state index is -0.188. The lowest BCUT2D eigenvalue weighted by molar-refractivity contribution is -0.116. The van der Waals surface area contributed by atoms with Gasteiger partial charge >= 0.3 is 0 Å². The molecule has 0 radical (unpaired) electrons. The summed E-state index contributed by atoms with van der Waals surface area (Å²) >= 11 is 0. The van der Waals surface area contributed by atoms with Crippen LogP contribution in [0, 0.1) is 0 Å². The Morgan fingerprint density at radius 3 is 2.37 bits per heavy atom. The first-order chi connectivity index (χ1) is 13.3. The standard InChI is InChI=1S/C20H17N5O2/c26-16(23-20-21-13-22-25-20)11-12-17-24-18(14-7-3-1-4-8-14)19(27-17)15-9-5-2-6-10-15/h1-10,13H,11-12H2,(H2,21,22,23,25,26). The molecule has 0 bridgehead atoms. The van der Waals surface area contributed by atoms with E-state index in [1.807, 2.05) is 60.7 Å². The summed E-state index contributed by atoms with van der Waals surface area (Å²) in [5.74, 6) is 1.35. The summed E-state index contributed by atoms with van der Waals surface area (Å²) < 4.78 is 6.01. The monoisotopic (exact) mass is 359 g/mol. The van der Waals surface area contributed by atoms with Gasteiger partial charge in [-0.05, 0) is 0 Å². The number of aromatic amines is 1. The predicted molar refractivity (Wildman–Crippen MR) is 101 cm³/mol. The summed E-state index contributed by atoms with van der Waals surface area (Å²) in [7, 11) is 0. The van der Waals surface area contributed by atoms with Crippen molar-refractivity contribution in [3.8, 4) is 22.6 Å². The van der Waals surface area contributed by atoms with Crippen molar-refractivity contribution >= 4 is 11.9 Å². The van der Waals surface area contributed by atoms with Crippen molar-refractivity contribution in [3.63, 3.8) is 0 Å². The van der Waals surface area contributed by atoms with E-state index in [0.29, 0.717) is 24.0 Å². The van der Waals surface area contributed by atoms with Crippen LogP contribution >= 0.6 is 0 Å². The normalized spacial score (nSPS) is 10.7. The Balaban J connectivity index is 1.57. The maximum absolute atomic E-state index is 12.0. The highest BCUT2D eigenvalue weighted by Gasteiger charge is 2.17. The molecule has 7 heteroatoms. The summed E-state index contributed by atoms with van der Waals surface area (Å²) in [5, 5.41) is 8.92. The maximum Gasteiger partial charge on any atom is 0.227 e. The second-order valence-corrected chi connectivity index (χ2v) is 5.90. The minimum absolute atomic E-state index is 0.188. The zero-order chi connectivity index (χ0) is 18.5. The van der Waals surface area contributed by atoms with Gasteiger partial charge in [-0.1, -0.05) is 60.7 Å². The van der Waals surface area contributed by atoms with Crippen LogP contribution in [-0.4, -0.2) is 26.1 Å². The molecular weight excluding hydrogens is 342 g/mol. The summed E-state index contributed by atoms with van der Waals surface area (Å²) in [6.07, 6.45) is 1.94. The molecule has 0 aliphatic heterocycles. The number of rotatable bonds is 6. The fraction of sp³-hybridized carbons (Fsp3) is 0.100. The average molecular weight is 359 g/mol. The Kier molecular flexibility index (Phi) is 4.74. The topological polar surface area (TPSA) is 96.7 Å². The van der Waals surface area contributed by atoms with Crippen LogP contribution in [0.5, 0.6) is 0 Å². The van der Waals surface area contributed by atoms with Crippen LogP contribution in [0.1, 0.15) is 12.3 Å². The van der Waals surface area contributed by atoms with Gasteiger partial charge in [-0.2, -0.15) is 10.1 Å². The molecule has 0 aliphatic rings. The number of oxazole rings is 1. The highest BCUT2D eigenvalue weighted by atomic mass is 16.4. The molecule has 0 saturated heterocycles. The third kappa shape index (κ3) is 3.92. The summed E-state index contributed by atoms with van der Waals surface area (Å²) in [5.41, 5.74) is 2.69. The first-order valence-electron chi connectivity index (χ1n) is 8.55. The van der Waals surface area contributed by atoms with Gasteiger partial charge in [0.15, 0.2) is 11.7 Å². The van der Waals surface area contributed by atoms with Crippen molar-refractivity contribution in [1.82, 2.24) is 20.2 Å². The third-order valence-corrected chi connectivity index (χ3v) is 3.99. The Bertz CT molecular complexity index is 954. The van der Waals surface area contributed by atoms with E-state index < -0.39 is 0 Å². The van der Waals surface area contributed by atoms with Gasteiger partial charge in [-0.25, -0.2) is 10.1 Å². The Morgan fingerprint density at radius 1 is 1.00 bits per heavy atom. The maximum atomic E-state index is 12.0. The highest BCUT2D eigenvalue weighted by molar-refractivity contribution is 5.88. The van der Waals surface area contributed by atoms with Gasteiger partial charge in [0.1, 0.15) is 12.0 Å². The molecule has 0 spiro atoms. The smallest absolute Gasteiger partial charge is 0.227 e. The van der Waals surface area contributed by atoms with Crippen LogP contribution in [0.2, 0.25) is 0 Å². The number of hydrogen-bond acceptors (Lipinski definition) is 5. The number of carbonyl (C=O) groups is 1. The molecule has 2 aromatic carbocycles. The van der Waals surface area contributed by atoms with Crippen molar-refractivity contribution in [2.75, 3.05) is 5.32 Å². The van der Waals surface area contributed by atoms with E-state index in [1.54, 1.807) is 0 Å². The van der Waals surface area contributed by atoms with Crippen LogP contribution < -0.4 is 5.32 Å². The fourth-order valence-electron chi connectivity index (χ4n) is 2.73. The molecule has 27 heavy (non-hydrogen) atoms. The van der Waals surface area contributed by atoms with E-state index in [2.05, 4.69) is 25.5 Å². The van der Waals surface area contributed by atoms with Gasteiger partial charge in [0.2, 0.25) is 11.9 Å². The number of hydrogen-bond donors (Lipinski definition) is 2. The zero-order valence-corrected chi connectivity index (χ0v) is 14.4. The number of carbonyl (C=O) groups excluding carboxylic acids is 1. The SMILES string of the molecule is O=C(CCc1nc(-c2ccccc2)c(-c2ccccc2)o1)Nc1ncn[nH]1. The minimum Gasteiger partial charge on any atom is -0.440 e. The lowest BCUT2D eigenvalue weighted by Gasteiger charge is -2.00. The van der Waals surface area contributed by atoms with Crippen LogP contribution in [0.25, 0.3) is 22.6 Å². The Morgan fingerprint density at radius 2 is 1.70 bits per heavy atom. The molecule has 2 aromatic heterocycles. The van der Waals surface area contributed by atoms with Crippen LogP contribution in [0.3, 0.4) is 0 Å². The lowest BCUT2D eigenvalue weighted by Crippen LogP contribution is -2.13. The van der Waals surface area contributed by atoms with Gasteiger partial charge in [0, 0.05) is 24.0 Å². The van der Waals surface area contributed by atoms with Crippen molar-refractivity contribution in [2.45, 2.75) is 12.8 Å². The number of amides is 1. The number of H-pyrrole nitrogens is 1. The lowest BCUT2D eigenvalue weighted by atomic mass is 10.1. The van der Waals surface area contributed by atoms with Gasteiger partial charge < -0.3 is 4.42 Å². The molecule has 0 unspecified atom stereocenters. The van der Waals surface area contributed by atoms with E-state index in [-0.39, 0.29) is 12.3 Å². The highest BCUT2D eigenvalue weighted by Crippen LogP contribution is 2.32. The molecule has 7 nitrogen and oxygen atoms in total. The number of aryl methyl sites for hydroxylation is 1. The molecule has 0 fully saturated rings. The fourth-order valence-corrected chi connectivity index (χ4v) is 2.73. The van der Waals surface area contributed by atoms with Crippen LogP contribution in [0.15, 0.2) is 71.4 Å². The molecular formula is C20H17N5O2. The van der Waals surface area contributed by atoms with Crippen LogP contribution in [0.4, 0.5) is 5.95 Å². The van der Waals surface area contributed by atoms with Crippen molar-refractivity contribution in [2.24, 2.45) is 0 Å². The van der Waals surface area contributed by atoms with Gasteiger partial charge in [-0.15, -0.1) is 0 Å². The van der Waals surface area contributed by atoms with E-state index in [1.165, 1.54) is 6.33 Å². The number of nitrogens with one attached hydrogen (secondary N) is 2. The molecule has 2 N–H and O–H groups in total. The predicted octanol–water partition coefficient (Wildman–Crippen LogP) is 3.70. The van der Waals surface area contributed by atoms with E-state index in [9.17, 15) is 4.79 Å². The molecule has 0 aliphatic carbocycles. The molecule has 4 aromatic rings. The molecule has 0 saturated carbocycles. The number of aromatic nitrogens is 4. The van der Waals surface area contributed by atoms with E-state index >= 15 is 0 Å². The molecule has 4 rings (SSSR count). The Hall–Kier alpha value is -3.74. The second kappa shape index (κ2) is 7.65.